The minimum Gasteiger partial charge on any atom is -0.361 e. The zero-order chi connectivity index (χ0) is 8.93. The van der Waals surface area contributed by atoms with Crippen molar-refractivity contribution < 1.29 is 4.52 Å². The SMILES string of the molecule is c1ccc(SCc2ccno2)cc1. The highest BCUT2D eigenvalue weighted by atomic mass is 32.2. The Morgan fingerprint density at radius 2 is 2.00 bits per heavy atom. The quantitative estimate of drug-likeness (QED) is 0.697. The standard InChI is InChI=1S/C10H9NOS/c1-2-4-10(5-3-1)13-8-9-6-7-11-12-9/h1-7H,8H2. The molecule has 0 aliphatic heterocycles. The molecule has 0 atom stereocenters. The van der Waals surface area contributed by atoms with Crippen molar-refractivity contribution in [2.75, 3.05) is 0 Å². The molecule has 0 bridgehead atoms. The van der Waals surface area contributed by atoms with Gasteiger partial charge in [0.1, 0.15) is 5.76 Å². The van der Waals surface area contributed by atoms with Crippen molar-refractivity contribution in [2.45, 2.75) is 10.6 Å². The van der Waals surface area contributed by atoms with Crippen LogP contribution in [-0.2, 0) is 5.75 Å². The molecule has 3 heteroatoms. The molecule has 2 aromatic rings. The number of aromatic nitrogens is 1. The van der Waals surface area contributed by atoms with Gasteiger partial charge in [-0.15, -0.1) is 11.8 Å². The molecule has 66 valence electrons. The van der Waals surface area contributed by atoms with Gasteiger partial charge in [0.25, 0.3) is 0 Å². The summed E-state index contributed by atoms with van der Waals surface area (Å²) >= 11 is 1.74. The number of thioether (sulfide) groups is 1. The molecule has 0 aliphatic carbocycles. The Kier molecular flexibility index (Phi) is 2.67. The molecule has 0 saturated carbocycles. The first-order valence-corrected chi connectivity index (χ1v) is 5.01. The zero-order valence-electron chi connectivity index (χ0n) is 7.01. The van der Waals surface area contributed by atoms with Gasteiger partial charge in [0.2, 0.25) is 0 Å². The van der Waals surface area contributed by atoms with E-state index >= 15 is 0 Å². The maximum Gasteiger partial charge on any atom is 0.146 e. The van der Waals surface area contributed by atoms with Crippen LogP contribution in [0.1, 0.15) is 5.76 Å². The van der Waals surface area contributed by atoms with Gasteiger partial charge >= 0.3 is 0 Å². The molecule has 0 unspecified atom stereocenters. The maximum atomic E-state index is 4.98. The molecule has 13 heavy (non-hydrogen) atoms. The lowest BCUT2D eigenvalue weighted by molar-refractivity contribution is 0.395. The normalized spacial score (nSPS) is 10.2. The van der Waals surface area contributed by atoms with Gasteiger partial charge in [-0.1, -0.05) is 23.4 Å². The molecule has 0 N–H and O–H groups in total. The van der Waals surface area contributed by atoms with Gasteiger partial charge in [-0.05, 0) is 12.1 Å². The fraction of sp³-hybridized carbons (Fsp3) is 0.100. The Hall–Kier alpha value is -1.22. The molecular weight excluding hydrogens is 182 g/mol. The van der Waals surface area contributed by atoms with Gasteiger partial charge in [-0.2, -0.15) is 0 Å². The van der Waals surface area contributed by atoms with Crippen LogP contribution in [0.15, 0.2) is 52.0 Å². The van der Waals surface area contributed by atoms with Crippen molar-refractivity contribution >= 4 is 11.8 Å². The summed E-state index contributed by atoms with van der Waals surface area (Å²) in [6.07, 6.45) is 1.67. The summed E-state index contributed by atoms with van der Waals surface area (Å²) in [5.41, 5.74) is 0. The van der Waals surface area contributed by atoms with E-state index in [9.17, 15) is 0 Å². The minimum absolute atomic E-state index is 0.837. The van der Waals surface area contributed by atoms with E-state index in [0.717, 1.165) is 11.5 Å². The van der Waals surface area contributed by atoms with E-state index in [1.807, 2.05) is 24.3 Å². The highest BCUT2D eigenvalue weighted by Crippen LogP contribution is 2.21. The molecule has 0 saturated heterocycles. The lowest BCUT2D eigenvalue weighted by Crippen LogP contribution is -1.74. The molecule has 0 spiro atoms. The first-order chi connectivity index (χ1) is 6.45. The minimum atomic E-state index is 0.837. The zero-order valence-corrected chi connectivity index (χ0v) is 7.83. The third kappa shape index (κ3) is 2.36. The smallest absolute Gasteiger partial charge is 0.146 e. The fourth-order valence-electron chi connectivity index (χ4n) is 0.988. The average Bonchev–Trinajstić information content (AvgIpc) is 2.69. The Labute approximate surface area is 80.9 Å². The topological polar surface area (TPSA) is 26.0 Å². The summed E-state index contributed by atoms with van der Waals surface area (Å²) in [6.45, 7) is 0. The van der Waals surface area contributed by atoms with Gasteiger partial charge < -0.3 is 4.52 Å². The molecule has 0 fully saturated rings. The highest BCUT2D eigenvalue weighted by Gasteiger charge is 1.97. The van der Waals surface area contributed by atoms with Crippen molar-refractivity contribution in [3.8, 4) is 0 Å². The Balaban J connectivity index is 1.94. The second-order valence-electron chi connectivity index (χ2n) is 2.58. The molecule has 1 aromatic heterocycles. The molecule has 0 aliphatic rings. The van der Waals surface area contributed by atoms with E-state index in [1.165, 1.54) is 4.90 Å². The summed E-state index contributed by atoms with van der Waals surface area (Å²) in [5.74, 6) is 1.75. The number of benzene rings is 1. The van der Waals surface area contributed by atoms with Crippen molar-refractivity contribution in [2.24, 2.45) is 0 Å². The van der Waals surface area contributed by atoms with Crippen LogP contribution in [0.5, 0.6) is 0 Å². The lowest BCUT2D eigenvalue weighted by atomic mass is 10.4. The first-order valence-electron chi connectivity index (χ1n) is 4.02. The monoisotopic (exact) mass is 191 g/mol. The summed E-state index contributed by atoms with van der Waals surface area (Å²) in [5, 5.41) is 3.65. The van der Waals surface area contributed by atoms with Crippen molar-refractivity contribution in [3.05, 3.63) is 48.4 Å². The van der Waals surface area contributed by atoms with E-state index < -0.39 is 0 Å². The van der Waals surface area contributed by atoms with E-state index in [0.29, 0.717) is 0 Å². The van der Waals surface area contributed by atoms with Crippen LogP contribution in [0.3, 0.4) is 0 Å². The average molecular weight is 191 g/mol. The van der Waals surface area contributed by atoms with E-state index in [-0.39, 0.29) is 0 Å². The third-order valence-electron chi connectivity index (χ3n) is 1.62. The number of hydrogen-bond acceptors (Lipinski definition) is 3. The molecule has 0 amide bonds. The van der Waals surface area contributed by atoms with Gasteiger partial charge in [0.15, 0.2) is 0 Å². The number of hydrogen-bond donors (Lipinski definition) is 0. The van der Waals surface area contributed by atoms with E-state index in [2.05, 4.69) is 17.3 Å². The van der Waals surface area contributed by atoms with Gasteiger partial charge in [-0.25, -0.2) is 0 Å². The second-order valence-corrected chi connectivity index (χ2v) is 3.63. The summed E-state index contributed by atoms with van der Waals surface area (Å²) < 4.78 is 4.98. The Bertz CT molecular complexity index is 344. The predicted octanol–water partition coefficient (Wildman–Crippen LogP) is 2.97. The lowest BCUT2D eigenvalue weighted by Gasteiger charge is -1.96. The largest absolute Gasteiger partial charge is 0.361 e. The molecular formula is C10H9NOS. The Morgan fingerprint density at radius 3 is 2.69 bits per heavy atom. The fourth-order valence-corrected chi connectivity index (χ4v) is 1.80. The molecule has 2 nitrogen and oxygen atoms in total. The first kappa shape index (κ1) is 8.38. The van der Waals surface area contributed by atoms with Crippen molar-refractivity contribution in [1.82, 2.24) is 5.16 Å². The maximum absolute atomic E-state index is 4.98. The van der Waals surface area contributed by atoms with Crippen LogP contribution >= 0.6 is 11.8 Å². The van der Waals surface area contributed by atoms with Gasteiger partial charge in [-0.3, -0.25) is 0 Å². The predicted molar refractivity (Wildman–Crippen MR) is 52.5 cm³/mol. The van der Waals surface area contributed by atoms with Crippen LogP contribution < -0.4 is 0 Å². The summed E-state index contributed by atoms with van der Waals surface area (Å²) in [7, 11) is 0. The number of nitrogens with zero attached hydrogens (tertiary/aromatic N) is 1. The van der Waals surface area contributed by atoms with Crippen LogP contribution in [0.2, 0.25) is 0 Å². The molecule has 2 rings (SSSR count). The van der Waals surface area contributed by atoms with Gasteiger partial charge in [0, 0.05) is 11.0 Å². The van der Waals surface area contributed by atoms with Crippen LogP contribution in [-0.4, -0.2) is 5.16 Å². The van der Waals surface area contributed by atoms with E-state index in [4.69, 9.17) is 4.52 Å². The summed E-state index contributed by atoms with van der Waals surface area (Å²) in [6, 6.07) is 12.1. The highest BCUT2D eigenvalue weighted by molar-refractivity contribution is 7.98. The molecule has 1 aromatic carbocycles. The molecule has 1 heterocycles. The molecule has 0 radical (unpaired) electrons. The number of rotatable bonds is 3. The Morgan fingerprint density at radius 1 is 1.15 bits per heavy atom. The van der Waals surface area contributed by atoms with Crippen molar-refractivity contribution in [3.63, 3.8) is 0 Å². The van der Waals surface area contributed by atoms with Crippen LogP contribution in [0, 0.1) is 0 Å². The van der Waals surface area contributed by atoms with Gasteiger partial charge in [0.05, 0.1) is 11.9 Å². The van der Waals surface area contributed by atoms with Crippen LogP contribution in [0.25, 0.3) is 0 Å². The van der Waals surface area contributed by atoms with E-state index in [1.54, 1.807) is 18.0 Å². The van der Waals surface area contributed by atoms with Crippen molar-refractivity contribution in [1.29, 1.82) is 0 Å². The summed E-state index contributed by atoms with van der Waals surface area (Å²) in [4.78, 5) is 1.25. The third-order valence-corrected chi connectivity index (χ3v) is 2.65. The van der Waals surface area contributed by atoms with Crippen LogP contribution in [0.4, 0.5) is 0 Å². The second kappa shape index (κ2) is 4.14.